The maximum Gasteiger partial charge on any atom is 0.103 e. The fourth-order valence-corrected chi connectivity index (χ4v) is 2.38. The molecule has 0 aliphatic heterocycles. The third-order valence-electron chi connectivity index (χ3n) is 2.90. The standard InChI is InChI=1S/C13H17BrN4/c1-4-15-9(2)13-10(3)18(17-16-13)12-7-5-6-11(14)8-12/h5-9,15H,4H2,1-3H3. The Morgan fingerprint density at radius 2 is 2.22 bits per heavy atom. The quantitative estimate of drug-likeness (QED) is 0.944. The zero-order chi connectivity index (χ0) is 13.1. The summed E-state index contributed by atoms with van der Waals surface area (Å²) in [4.78, 5) is 0. The summed E-state index contributed by atoms with van der Waals surface area (Å²) < 4.78 is 2.91. The fourth-order valence-electron chi connectivity index (χ4n) is 2.00. The molecule has 1 unspecified atom stereocenters. The van der Waals surface area contributed by atoms with Gasteiger partial charge in [0.2, 0.25) is 0 Å². The predicted octanol–water partition coefficient (Wildman–Crippen LogP) is 3.01. The SMILES string of the molecule is CCNC(C)c1nnn(-c2cccc(Br)c2)c1C. The lowest BCUT2D eigenvalue weighted by Crippen LogP contribution is -2.19. The number of nitrogens with zero attached hydrogens (tertiary/aromatic N) is 3. The van der Waals surface area contributed by atoms with E-state index in [2.05, 4.69) is 45.4 Å². The third-order valence-corrected chi connectivity index (χ3v) is 3.40. The van der Waals surface area contributed by atoms with Gasteiger partial charge in [-0.05, 0) is 38.6 Å². The summed E-state index contributed by atoms with van der Waals surface area (Å²) in [6.45, 7) is 7.16. The number of hydrogen-bond acceptors (Lipinski definition) is 3. The lowest BCUT2D eigenvalue weighted by Gasteiger charge is -2.10. The van der Waals surface area contributed by atoms with E-state index in [9.17, 15) is 0 Å². The first-order chi connectivity index (χ1) is 8.63. The van der Waals surface area contributed by atoms with E-state index >= 15 is 0 Å². The molecule has 1 atom stereocenters. The van der Waals surface area contributed by atoms with Gasteiger partial charge in [0, 0.05) is 4.47 Å². The third kappa shape index (κ3) is 2.62. The van der Waals surface area contributed by atoms with E-state index in [0.29, 0.717) is 0 Å². The van der Waals surface area contributed by atoms with Crippen molar-refractivity contribution in [2.45, 2.75) is 26.8 Å². The highest BCUT2D eigenvalue weighted by molar-refractivity contribution is 9.10. The van der Waals surface area contributed by atoms with Crippen molar-refractivity contribution in [2.75, 3.05) is 6.54 Å². The van der Waals surface area contributed by atoms with E-state index in [1.54, 1.807) is 0 Å². The minimum absolute atomic E-state index is 0.218. The molecule has 0 bridgehead atoms. The second-order valence-corrected chi connectivity index (χ2v) is 5.15. The van der Waals surface area contributed by atoms with E-state index in [4.69, 9.17) is 0 Å². The van der Waals surface area contributed by atoms with Crippen LogP contribution in [0.2, 0.25) is 0 Å². The first-order valence-electron chi connectivity index (χ1n) is 6.05. The molecule has 18 heavy (non-hydrogen) atoms. The van der Waals surface area contributed by atoms with Crippen molar-refractivity contribution in [1.29, 1.82) is 0 Å². The van der Waals surface area contributed by atoms with Gasteiger partial charge in [-0.15, -0.1) is 5.10 Å². The van der Waals surface area contributed by atoms with Gasteiger partial charge in [0.15, 0.2) is 0 Å². The molecule has 0 saturated carbocycles. The van der Waals surface area contributed by atoms with Crippen molar-refractivity contribution in [3.05, 3.63) is 40.1 Å². The van der Waals surface area contributed by atoms with Crippen molar-refractivity contribution < 1.29 is 0 Å². The summed E-state index contributed by atoms with van der Waals surface area (Å²) in [6, 6.07) is 8.26. The minimum Gasteiger partial charge on any atom is -0.309 e. The molecule has 96 valence electrons. The lowest BCUT2D eigenvalue weighted by atomic mass is 10.2. The summed E-state index contributed by atoms with van der Waals surface area (Å²) in [6.07, 6.45) is 0. The van der Waals surface area contributed by atoms with Crippen LogP contribution in [0.1, 0.15) is 31.3 Å². The van der Waals surface area contributed by atoms with Crippen LogP contribution in [0, 0.1) is 6.92 Å². The summed E-state index contributed by atoms with van der Waals surface area (Å²) in [5, 5.41) is 11.9. The van der Waals surface area contributed by atoms with Crippen LogP contribution in [0.3, 0.4) is 0 Å². The first-order valence-corrected chi connectivity index (χ1v) is 6.84. The molecular formula is C13H17BrN4. The van der Waals surface area contributed by atoms with Gasteiger partial charge in [0.25, 0.3) is 0 Å². The van der Waals surface area contributed by atoms with Crippen LogP contribution in [0.5, 0.6) is 0 Å². The number of aromatic nitrogens is 3. The van der Waals surface area contributed by atoms with Crippen molar-refractivity contribution >= 4 is 15.9 Å². The number of benzene rings is 1. The number of hydrogen-bond donors (Lipinski definition) is 1. The van der Waals surface area contributed by atoms with E-state index < -0.39 is 0 Å². The average molecular weight is 309 g/mol. The number of halogens is 1. The minimum atomic E-state index is 0.218. The van der Waals surface area contributed by atoms with Crippen LogP contribution >= 0.6 is 15.9 Å². The van der Waals surface area contributed by atoms with Crippen LogP contribution in [0.4, 0.5) is 0 Å². The Bertz CT molecular complexity index is 536. The molecule has 4 nitrogen and oxygen atoms in total. The van der Waals surface area contributed by atoms with E-state index in [-0.39, 0.29) is 6.04 Å². The van der Waals surface area contributed by atoms with Crippen molar-refractivity contribution in [3.8, 4) is 5.69 Å². The summed E-state index contributed by atoms with van der Waals surface area (Å²) in [7, 11) is 0. The Morgan fingerprint density at radius 3 is 2.89 bits per heavy atom. The Labute approximate surface area is 116 Å². The molecule has 2 rings (SSSR count). The number of rotatable bonds is 4. The van der Waals surface area contributed by atoms with Crippen molar-refractivity contribution in [3.63, 3.8) is 0 Å². The Kier molecular flexibility index (Phi) is 4.14. The molecule has 0 amide bonds. The molecule has 1 aromatic carbocycles. The van der Waals surface area contributed by atoms with E-state index in [0.717, 1.165) is 28.1 Å². The van der Waals surface area contributed by atoms with Crippen molar-refractivity contribution in [2.24, 2.45) is 0 Å². The highest BCUT2D eigenvalue weighted by Crippen LogP contribution is 2.19. The normalized spacial score (nSPS) is 12.7. The molecule has 5 heteroatoms. The van der Waals surface area contributed by atoms with Crippen molar-refractivity contribution in [1.82, 2.24) is 20.3 Å². The highest BCUT2D eigenvalue weighted by atomic mass is 79.9. The molecule has 0 saturated heterocycles. The molecule has 0 aliphatic rings. The van der Waals surface area contributed by atoms with Gasteiger partial charge >= 0.3 is 0 Å². The highest BCUT2D eigenvalue weighted by Gasteiger charge is 2.15. The van der Waals surface area contributed by atoms with Gasteiger partial charge in [-0.3, -0.25) is 0 Å². The molecule has 0 radical (unpaired) electrons. The number of nitrogens with one attached hydrogen (secondary N) is 1. The molecule has 0 spiro atoms. The van der Waals surface area contributed by atoms with Gasteiger partial charge in [0.1, 0.15) is 5.69 Å². The molecule has 1 aromatic heterocycles. The average Bonchev–Trinajstić information content (AvgIpc) is 2.71. The van der Waals surface area contributed by atoms with Gasteiger partial charge in [-0.25, -0.2) is 4.68 Å². The van der Waals surface area contributed by atoms with Crippen LogP contribution in [-0.2, 0) is 0 Å². The van der Waals surface area contributed by atoms with Gasteiger partial charge in [-0.2, -0.15) is 0 Å². The Balaban J connectivity index is 2.36. The summed E-state index contributed by atoms with van der Waals surface area (Å²) >= 11 is 3.47. The molecular weight excluding hydrogens is 292 g/mol. The molecule has 1 heterocycles. The van der Waals surface area contributed by atoms with Crippen LogP contribution in [0.15, 0.2) is 28.7 Å². The van der Waals surface area contributed by atoms with E-state index in [1.165, 1.54) is 0 Å². The van der Waals surface area contributed by atoms with Gasteiger partial charge in [-0.1, -0.05) is 34.1 Å². The second kappa shape index (κ2) is 5.63. The smallest absolute Gasteiger partial charge is 0.103 e. The molecule has 1 N–H and O–H groups in total. The maximum atomic E-state index is 4.28. The summed E-state index contributed by atoms with van der Waals surface area (Å²) in [5.74, 6) is 0. The van der Waals surface area contributed by atoms with Gasteiger partial charge in [0.05, 0.1) is 17.4 Å². The molecule has 0 fully saturated rings. The molecule has 2 aromatic rings. The Morgan fingerprint density at radius 1 is 1.44 bits per heavy atom. The predicted molar refractivity (Wildman–Crippen MR) is 75.9 cm³/mol. The largest absolute Gasteiger partial charge is 0.309 e. The maximum absolute atomic E-state index is 4.28. The Hall–Kier alpha value is -1.20. The van der Waals surface area contributed by atoms with E-state index in [1.807, 2.05) is 35.9 Å². The van der Waals surface area contributed by atoms with Gasteiger partial charge < -0.3 is 5.32 Å². The zero-order valence-corrected chi connectivity index (χ0v) is 12.4. The monoisotopic (exact) mass is 308 g/mol. The topological polar surface area (TPSA) is 42.7 Å². The zero-order valence-electron chi connectivity index (χ0n) is 10.8. The van der Waals surface area contributed by atoms with Crippen LogP contribution in [0.25, 0.3) is 5.69 Å². The van der Waals surface area contributed by atoms with Crippen LogP contribution in [-0.4, -0.2) is 21.5 Å². The molecule has 0 aliphatic carbocycles. The first kappa shape index (κ1) is 13.2. The van der Waals surface area contributed by atoms with Crippen LogP contribution < -0.4 is 5.32 Å². The summed E-state index contributed by atoms with van der Waals surface area (Å²) in [5.41, 5.74) is 3.09. The fraction of sp³-hybridized carbons (Fsp3) is 0.385. The second-order valence-electron chi connectivity index (χ2n) is 4.23. The lowest BCUT2D eigenvalue weighted by molar-refractivity contribution is 0.579.